The highest BCUT2D eigenvalue weighted by atomic mass is 32.2. The van der Waals surface area contributed by atoms with E-state index < -0.39 is 34.3 Å². The van der Waals surface area contributed by atoms with E-state index in [1.165, 1.54) is 24.3 Å². The number of sulfone groups is 1. The highest BCUT2D eigenvalue weighted by Crippen LogP contribution is 2.20. The first kappa shape index (κ1) is 20.5. The lowest BCUT2D eigenvalue weighted by molar-refractivity contribution is -0.153. The summed E-state index contributed by atoms with van der Waals surface area (Å²) in [6, 6.07) is 5.35. The van der Waals surface area contributed by atoms with Crippen LogP contribution in [0, 0.1) is 0 Å². The van der Waals surface area contributed by atoms with E-state index in [-0.39, 0.29) is 17.5 Å². The van der Waals surface area contributed by atoms with E-state index in [9.17, 15) is 26.4 Å². The molecule has 0 aliphatic heterocycles. The lowest BCUT2D eigenvalue weighted by Crippen LogP contribution is -2.39. The summed E-state index contributed by atoms with van der Waals surface area (Å²) in [5.74, 6) is -1.47. The van der Waals surface area contributed by atoms with Crippen molar-refractivity contribution in [3.05, 3.63) is 29.8 Å². The molecule has 0 unspecified atom stereocenters. The zero-order chi connectivity index (χ0) is 19.2. The number of hydrogen-bond donors (Lipinski definition) is 1. The Labute approximate surface area is 150 Å². The fourth-order valence-electron chi connectivity index (χ4n) is 2.87. The molecule has 1 aliphatic carbocycles. The molecule has 0 radical (unpaired) electrons. The van der Waals surface area contributed by atoms with Crippen LogP contribution in [0.5, 0.6) is 5.75 Å². The Morgan fingerprint density at radius 3 is 2.31 bits per heavy atom. The summed E-state index contributed by atoms with van der Waals surface area (Å²) < 4.78 is 65.1. The van der Waals surface area contributed by atoms with E-state index in [0.29, 0.717) is 5.56 Å². The number of carbonyl (C=O) groups is 1. The van der Waals surface area contributed by atoms with Crippen molar-refractivity contribution < 1.29 is 31.1 Å². The van der Waals surface area contributed by atoms with E-state index in [4.69, 9.17) is 0 Å². The molecule has 1 N–H and O–H groups in total. The van der Waals surface area contributed by atoms with Gasteiger partial charge in [0, 0.05) is 6.04 Å². The maximum absolute atomic E-state index is 12.2. The zero-order valence-electron chi connectivity index (χ0n) is 14.2. The van der Waals surface area contributed by atoms with Gasteiger partial charge in [0.1, 0.15) is 11.5 Å². The van der Waals surface area contributed by atoms with Crippen LogP contribution in [0.25, 0.3) is 0 Å². The summed E-state index contributed by atoms with van der Waals surface area (Å²) in [5, 5.41) is 2.76. The van der Waals surface area contributed by atoms with Crippen LogP contribution < -0.4 is 10.1 Å². The van der Waals surface area contributed by atoms with Crippen molar-refractivity contribution in [2.75, 3.05) is 12.4 Å². The molecule has 1 aliphatic rings. The fourth-order valence-corrected chi connectivity index (χ4v) is 4.15. The maximum Gasteiger partial charge on any atom is 0.422 e. The number of alkyl halides is 3. The molecule has 5 nitrogen and oxygen atoms in total. The standard InChI is InChI=1S/C17H22F3NO4S/c18-17(19,20)12-25-15-8-6-13(7-9-15)10-26(23,24)11-16(22)21-14-4-2-1-3-5-14/h6-9,14H,1-5,10-12H2,(H,21,22). The molecule has 146 valence electrons. The number of ether oxygens (including phenoxy) is 1. The molecule has 0 spiro atoms. The number of benzene rings is 1. The Balaban J connectivity index is 1.84. The first-order valence-corrected chi connectivity index (χ1v) is 10.2. The van der Waals surface area contributed by atoms with Gasteiger partial charge < -0.3 is 10.1 Å². The van der Waals surface area contributed by atoms with Crippen LogP contribution in [0.1, 0.15) is 37.7 Å². The topological polar surface area (TPSA) is 72.5 Å². The second-order valence-electron chi connectivity index (χ2n) is 6.48. The molecule has 0 heterocycles. The van der Waals surface area contributed by atoms with Crippen molar-refractivity contribution in [2.45, 2.75) is 50.1 Å². The van der Waals surface area contributed by atoms with E-state index in [1.807, 2.05) is 0 Å². The summed E-state index contributed by atoms with van der Waals surface area (Å²) in [6.45, 7) is -1.41. The molecular formula is C17H22F3NO4S. The van der Waals surface area contributed by atoms with Crippen LogP contribution in [0.3, 0.4) is 0 Å². The zero-order valence-corrected chi connectivity index (χ0v) is 15.0. The second-order valence-corrected chi connectivity index (χ2v) is 8.55. The van der Waals surface area contributed by atoms with Crippen LogP contribution in [0.4, 0.5) is 13.2 Å². The van der Waals surface area contributed by atoms with Crippen LogP contribution >= 0.6 is 0 Å². The van der Waals surface area contributed by atoms with E-state index >= 15 is 0 Å². The minimum Gasteiger partial charge on any atom is -0.484 e. The first-order chi connectivity index (χ1) is 12.1. The van der Waals surface area contributed by atoms with Gasteiger partial charge in [-0.1, -0.05) is 31.4 Å². The first-order valence-electron chi connectivity index (χ1n) is 8.41. The molecular weight excluding hydrogens is 371 g/mol. The summed E-state index contributed by atoms with van der Waals surface area (Å²) in [6.07, 6.45) is 0.484. The second kappa shape index (κ2) is 8.75. The van der Waals surface area contributed by atoms with Gasteiger partial charge in [0.15, 0.2) is 16.4 Å². The number of nitrogens with one attached hydrogen (secondary N) is 1. The lowest BCUT2D eigenvalue weighted by atomic mass is 9.95. The van der Waals surface area contributed by atoms with Crippen molar-refractivity contribution >= 4 is 15.7 Å². The quantitative estimate of drug-likeness (QED) is 0.773. The number of amides is 1. The largest absolute Gasteiger partial charge is 0.484 e. The predicted molar refractivity (Wildman–Crippen MR) is 90.5 cm³/mol. The van der Waals surface area contributed by atoms with Crippen LogP contribution in [-0.4, -0.2) is 38.9 Å². The van der Waals surface area contributed by atoms with E-state index in [2.05, 4.69) is 10.1 Å². The number of hydrogen-bond acceptors (Lipinski definition) is 4. The third kappa shape index (κ3) is 7.63. The number of halogens is 3. The van der Waals surface area contributed by atoms with Crippen molar-refractivity contribution in [2.24, 2.45) is 0 Å². The van der Waals surface area contributed by atoms with Gasteiger partial charge in [-0.3, -0.25) is 4.79 Å². The Morgan fingerprint density at radius 2 is 1.73 bits per heavy atom. The average molecular weight is 393 g/mol. The third-order valence-electron chi connectivity index (χ3n) is 4.03. The highest BCUT2D eigenvalue weighted by molar-refractivity contribution is 7.91. The molecule has 26 heavy (non-hydrogen) atoms. The van der Waals surface area contributed by atoms with Crippen LogP contribution in [0.15, 0.2) is 24.3 Å². The summed E-state index contributed by atoms with van der Waals surface area (Å²) in [4.78, 5) is 11.9. The van der Waals surface area contributed by atoms with E-state index in [1.54, 1.807) is 0 Å². The van der Waals surface area contributed by atoms with Gasteiger partial charge in [-0.05, 0) is 30.5 Å². The highest BCUT2D eigenvalue weighted by Gasteiger charge is 2.28. The molecule has 1 amide bonds. The summed E-state index contributed by atoms with van der Waals surface area (Å²) >= 11 is 0. The van der Waals surface area contributed by atoms with E-state index in [0.717, 1.165) is 32.1 Å². The Morgan fingerprint density at radius 1 is 1.12 bits per heavy atom. The molecule has 1 saturated carbocycles. The minimum atomic E-state index is -4.44. The predicted octanol–water partition coefficient (Wildman–Crippen LogP) is 2.99. The van der Waals surface area contributed by atoms with Crippen molar-refractivity contribution in [1.82, 2.24) is 5.32 Å². The molecule has 1 aromatic rings. The molecule has 9 heteroatoms. The summed E-state index contributed by atoms with van der Waals surface area (Å²) in [5.41, 5.74) is 0.384. The lowest BCUT2D eigenvalue weighted by Gasteiger charge is -2.22. The van der Waals surface area contributed by atoms with Gasteiger partial charge in [-0.2, -0.15) is 13.2 Å². The number of carbonyl (C=O) groups excluding carboxylic acids is 1. The molecule has 0 saturated heterocycles. The van der Waals surface area contributed by atoms with Gasteiger partial charge in [-0.25, -0.2) is 8.42 Å². The van der Waals surface area contributed by atoms with Crippen molar-refractivity contribution in [3.63, 3.8) is 0 Å². The Bertz CT molecular complexity index is 696. The smallest absolute Gasteiger partial charge is 0.422 e. The number of rotatable bonds is 7. The molecule has 0 bridgehead atoms. The van der Waals surface area contributed by atoms with Gasteiger partial charge in [-0.15, -0.1) is 0 Å². The van der Waals surface area contributed by atoms with Crippen molar-refractivity contribution in [1.29, 1.82) is 0 Å². The molecule has 0 aromatic heterocycles. The molecule has 0 atom stereocenters. The monoisotopic (exact) mass is 393 g/mol. The van der Waals surface area contributed by atoms with Crippen LogP contribution in [0.2, 0.25) is 0 Å². The van der Waals surface area contributed by atoms with Crippen molar-refractivity contribution in [3.8, 4) is 5.75 Å². The Hall–Kier alpha value is -1.77. The third-order valence-corrected chi connectivity index (χ3v) is 5.51. The van der Waals surface area contributed by atoms with Crippen LogP contribution in [-0.2, 0) is 20.4 Å². The SMILES string of the molecule is O=C(CS(=O)(=O)Cc1ccc(OCC(F)(F)F)cc1)NC1CCCCC1. The van der Waals surface area contributed by atoms with Gasteiger partial charge in [0.05, 0.1) is 5.75 Å². The van der Waals surface area contributed by atoms with Gasteiger partial charge >= 0.3 is 6.18 Å². The maximum atomic E-state index is 12.2. The normalized spacial score (nSPS) is 16.3. The molecule has 2 rings (SSSR count). The fraction of sp³-hybridized carbons (Fsp3) is 0.588. The van der Waals surface area contributed by atoms with Gasteiger partial charge in [0.2, 0.25) is 5.91 Å². The minimum absolute atomic E-state index is 0.00138. The average Bonchev–Trinajstić information content (AvgIpc) is 2.53. The molecule has 1 fully saturated rings. The molecule has 1 aromatic carbocycles. The summed E-state index contributed by atoms with van der Waals surface area (Å²) in [7, 11) is -3.67. The Kier molecular flexibility index (Phi) is 6.91. The van der Waals surface area contributed by atoms with Gasteiger partial charge in [0.25, 0.3) is 0 Å².